The molecule has 3 aromatic rings. The van der Waals surface area contributed by atoms with Gasteiger partial charge in [-0.1, -0.05) is 12.1 Å². The Kier molecular flexibility index (Phi) is 6.26. The number of rotatable bonds is 8. The van der Waals surface area contributed by atoms with Crippen molar-refractivity contribution < 1.29 is 23.8 Å². The summed E-state index contributed by atoms with van der Waals surface area (Å²) in [6, 6.07) is 15.7. The third kappa shape index (κ3) is 4.36. The normalized spacial score (nSPS) is 13.4. The molecule has 168 valence electrons. The zero-order valence-electron chi connectivity index (χ0n) is 18.5. The standard InChI is InChI=1S/C25H23N3O5/c1-31-18-6-4-17(5-7-18)22-23(27-20-14-19(32-2)8-9-21(20)33-3)25(30)28(24(22)29)15-16-10-12-26-13-11-16/h4-14,27H,15H2,1-3H3. The number of aromatic nitrogens is 1. The van der Waals surface area contributed by atoms with Crippen LogP contribution in [0, 0.1) is 0 Å². The molecule has 4 rings (SSSR count). The van der Waals surface area contributed by atoms with Crippen LogP contribution in [-0.2, 0) is 16.1 Å². The van der Waals surface area contributed by atoms with Crippen molar-refractivity contribution in [2.24, 2.45) is 0 Å². The molecule has 0 fully saturated rings. The summed E-state index contributed by atoms with van der Waals surface area (Å²) < 4.78 is 16.0. The van der Waals surface area contributed by atoms with Crippen molar-refractivity contribution in [3.05, 3.63) is 83.8 Å². The van der Waals surface area contributed by atoms with Crippen LogP contribution in [0.2, 0.25) is 0 Å². The minimum Gasteiger partial charge on any atom is -0.497 e. The Balaban J connectivity index is 1.78. The summed E-state index contributed by atoms with van der Waals surface area (Å²) in [6.45, 7) is 0.125. The molecule has 1 aliphatic rings. The van der Waals surface area contributed by atoms with E-state index < -0.39 is 11.8 Å². The molecule has 1 aliphatic heterocycles. The quantitative estimate of drug-likeness (QED) is 0.531. The second-order valence-corrected chi connectivity index (χ2v) is 7.22. The van der Waals surface area contributed by atoms with Crippen LogP contribution in [0.5, 0.6) is 17.2 Å². The molecule has 8 heteroatoms. The first-order chi connectivity index (χ1) is 16.0. The van der Waals surface area contributed by atoms with E-state index in [9.17, 15) is 9.59 Å². The zero-order valence-corrected chi connectivity index (χ0v) is 18.5. The number of hydrogen-bond acceptors (Lipinski definition) is 7. The van der Waals surface area contributed by atoms with Gasteiger partial charge in [0.15, 0.2) is 0 Å². The summed E-state index contributed by atoms with van der Waals surface area (Å²) in [5.74, 6) is 0.896. The van der Waals surface area contributed by atoms with E-state index in [1.165, 1.54) is 12.0 Å². The van der Waals surface area contributed by atoms with E-state index in [1.807, 2.05) is 0 Å². The van der Waals surface area contributed by atoms with Gasteiger partial charge >= 0.3 is 0 Å². The Morgan fingerprint density at radius 3 is 2.12 bits per heavy atom. The molecule has 1 N–H and O–H groups in total. The number of amides is 2. The van der Waals surface area contributed by atoms with E-state index in [4.69, 9.17) is 14.2 Å². The molecule has 2 heterocycles. The van der Waals surface area contributed by atoms with E-state index in [0.29, 0.717) is 28.5 Å². The Morgan fingerprint density at radius 2 is 1.48 bits per heavy atom. The number of anilines is 1. The highest BCUT2D eigenvalue weighted by atomic mass is 16.5. The van der Waals surface area contributed by atoms with Gasteiger partial charge in [0, 0.05) is 18.5 Å². The second kappa shape index (κ2) is 9.44. The van der Waals surface area contributed by atoms with Crippen LogP contribution in [0.3, 0.4) is 0 Å². The van der Waals surface area contributed by atoms with Crippen molar-refractivity contribution in [3.63, 3.8) is 0 Å². The predicted octanol–water partition coefficient (Wildman–Crippen LogP) is 3.50. The fourth-order valence-corrected chi connectivity index (χ4v) is 3.58. The van der Waals surface area contributed by atoms with Gasteiger partial charge < -0.3 is 19.5 Å². The lowest BCUT2D eigenvalue weighted by atomic mass is 10.0. The molecule has 0 saturated carbocycles. The van der Waals surface area contributed by atoms with E-state index in [2.05, 4.69) is 10.3 Å². The molecule has 0 radical (unpaired) electrons. The maximum absolute atomic E-state index is 13.5. The van der Waals surface area contributed by atoms with E-state index in [0.717, 1.165) is 5.56 Å². The third-order valence-electron chi connectivity index (χ3n) is 5.30. The van der Waals surface area contributed by atoms with Crippen molar-refractivity contribution in [1.29, 1.82) is 0 Å². The lowest BCUT2D eigenvalue weighted by molar-refractivity contribution is -0.137. The zero-order chi connectivity index (χ0) is 23.4. The molecule has 0 bridgehead atoms. The maximum atomic E-state index is 13.5. The van der Waals surface area contributed by atoms with Crippen LogP contribution in [0.25, 0.3) is 5.57 Å². The van der Waals surface area contributed by atoms with Gasteiger partial charge in [0.25, 0.3) is 11.8 Å². The third-order valence-corrected chi connectivity index (χ3v) is 5.30. The molecule has 0 aliphatic carbocycles. The Bertz CT molecular complexity index is 1210. The van der Waals surface area contributed by atoms with Crippen molar-refractivity contribution in [1.82, 2.24) is 9.88 Å². The van der Waals surface area contributed by atoms with Gasteiger partial charge in [0.05, 0.1) is 39.1 Å². The molecular formula is C25H23N3O5. The van der Waals surface area contributed by atoms with E-state index in [1.54, 1.807) is 81.2 Å². The highest BCUT2D eigenvalue weighted by Crippen LogP contribution is 2.36. The molecule has 0 atom stereocenters. The fourth-order valence-electron chi connectivity index (χ4n) is 3.58. The number of carbonyl (C=O) groups is 2. The topological polar surface area (TPSA) is 90.0 Å². The molecule has 2 amide bonds. The van der Waals surface area contributed by atoms with E-state index >= 15 is 0 Å². The number of carbonyl (C=O) groups excluding carboxylic acids is 2. The molecule has 1 aromatic heterocycles. The van der Waals surface area contributed by atoms with Gasteiger partial charge in [-0.15, -0.1) is 0 Å². The first kappa shape index (κ1) is 21.9. The van der Waals surface area contributed by atoms with Crippen LogP contribution >= 0.6 is 0 Å². The summed E-state index contributed by atoms with van der Waals surface area (Å²) in [5.41, 5.74) is 2.31. The molecular weight excluding hydrogens is 422 g/mol. The Labute approximate surface area is 191 Å². The lowest BCUT2D eigenvalue weighted by Crippen LogP contribution is -2.32. The Hall–Kier alpha value is -4.33. The van der Waals surface area contributed by atoms with Crippen LogP contribution in [0.1, 0.15) is 11.1 Å². The first-order valence-corrected chi connectivity index (χ1v) is 10.2. The van der Waals surface area contributed by atoms with Gasteiger partial charge in [-0.25, -0.2) is 0 Å². The maximum Gasteiger partial charge on any atom is 0.278 e. The number of pyridine rings is 1. The van der Waals surface area contributed by atoms with Crippen molar-refractivity contribution in [2.75, 3.05) is 26.6 Å². The molecule has 0 unspecified atom stereocenters. The highest BCUT2D eigenvalue weighted by molar-refractivity contribution is 6.36. The lowest BCUT2D eigenvalue weighted by Gasteiger charge is -2.16. The molecule has 0 saturated heterocycles. The summed E-state index contributed by atoms with van der Waals surface area (Å²) >= 11 is 0. The molecule has 33 heavy (non-hydrogen) atoms. The highest BCUT2D eigenvalue weighted by Gasteiger charge is 2.39. The minimum absolute atomic E-state index is 0.125. The van der Waals surface area contributed by atoms with Crippen LogP contribution < -0.4 is 19.5 Å². The van der Waals surface area contributed by atoms with Gasteiger partial charge in [0.2, 0.25) is 0 Å². The summed E-state index contributed by atoms with van der Waals surface area (Å²) in [7, 11) is 4.65. The van der Waals surface area contributed by atoms with Gasteiger partial charge in [0.1, 0.15) is 22.9 Å². The van der Waals surface area contributed by atoms with Gasteiger partial charge in [-0.2, -0.15) is 0 Å². The van der Waals surface area contributed by atoms with Crippen LogP contribution in [-0.4, -0.2) is 43.0 Å². The monoisotopic (exact) mass is 445 g/mol. The van der Waals surface area contributed by atoms with E-state index in [-0.39, 0.29) is 17.8 Å². The number of hydrogen-bond donors (Lipinski definition) is 1. The fraction of sp³-hybridized carbons (Fsp3) is 0.160. The first-order valence-electron chi connectivity index (χ1n) is 10.2. The SMILES string of the molecule is COc1ccc(C2=C(Nc3cc(OC)ccc3OC)C(=O)N(Cc3ccncc3)C2=O)cc1. The number of ether oxygens (including phenoxy) is 3. The number of benzene rings is 2. The number of nitrogens with one attached hydrogen (secondary N) is 1. The van der Waals surface area contributed by atoms with Crippen molar-refractivity contribution >= 4 is 23.1 Å². The largest absolute Gasteiger partial charge is 0.497 e. The average Bonchev–Trinajstić information content (AvgIpc) is 3.08. The average molecular weight is 445 g/mol. The van der Waals surface area contributed by atoms with Crippen LogP contribution in [0.15, 0.2) is 72.7 Å². The smallest absolute Gasteiger partial charge is 0.278 e. The van der Waals surface area contributed by atoms with Crippen molar-refractivity contribution in [3.8, 4) is 17.2 Å². The van der Waals surface area contributed by atoms with Crippen molar-refractivity contribution in [2.45, 2.75) is 6.54 Å². The molecule has 2 aromatic carbocycles. The summed E-state index contributed by atoms with van der Waals surface area (Å²) in [6.07, 6.45) is 3.25. The van der Waals surface area contributed by atoms with Crippen LogP contribution in [0.4, 0.5) is 5.69 Å². The van der Waals surface area contributed by atoms with Gasteiger partial charge in [-0.3, -0.25) is 19.5 Å². The molecule has 0 spiro atoms. The number of imide groups is 1. The predicted molar refractivity (Wildman–Crippen MR) is 123 cm³/mol. The number of methoxy groups -OCH3 is 3. The second-order valence-electron chi connectivity index (χ2n) is 7.22. The number of nitrogens with zero attached hydrogens (tertiary/aromatic N) is 2. The minimum atomic E-state index is -0.437. The Morgan fingerprint density at radius 1 is 0.818 bits per heavy atom. The van der Waals surface area contributed by atoms with Gasteiger partial charge in [-0.05, 0) is 47.5 Å². The molecule has 8 nitrogen and oxygen atoms in total. The summed E-state index contributed by atoms with van der Waals surface area (Å²) in [5, 5.41) is 3.13. The summed E-state index contributed by atoms with van der Waals surface area (Å²) in [4.78, 5) is 32.1.